The molecule has 10 N–H and O–H groups in total. The Kier molecular flexibility index (Phi) is 18.1. The van der Waals surface area contributed by atoms with Crippen molar-refractivity contribution in [1.82, 2.24) is 34.3 Å². The SMILES string of the molecule is CCO.CN(C)CCn1cnc2c(C(=O)NN)cccc21.COC(=O)c1cccc2c1ncn2CCN(C)C.NN.O. The maximum absolute atomic E-state index is 11.6. The Labute approximate surface area is 246 Å². The molecule has 15 heteroatoms. The summed E-state index contributed by atoms with van der Waals surface area (Å²) in [6.45, 7) is 5.44. The van der Waals surface area contributed by atoms with E-state index in [1.54, 1.807) is 31.7 Å². The summed E-state index contributed by atoms with van der Waals surface area (Å²) < 4.78 is 8.83. The summed E-state index contributed by atoms with van der Waals surface area (Å²) in [5.74, 6) is 12.5. The van der Waals surface area contributed by atoms with Crippen molar-refractivity contribution in [2.45, 2.75) is 20.0 Å². The fraction of sp³-hybridized carbons (Fsp3) is 0.407. The second-order valence-electron chi connectivity index (χ2n) is 9.11. The third-order valence-corrected chi connectivity index (χ3v) is 5.66. The lowest BCUT2D eigenvalue weighted by atomic mass is 10.2. The number of esters is 1. The second-order valence-corrected chi connectivity index (χ2v) is 9.11. The summed E-state index contributed by atoms with van der Waals surface area (Å²) in [5, 5.41) is 7.57. The van der Waals surface area contributed by atoms with Gasteiger partial charge in [-0.1, -0.05) is 12.1 Å². The van der Waals surface area contributed by atoms with Crippen molar-refractivity contribution >= 4 is 33.9 Å². The number of carbonyl (C=O) groups is 2. The molecule has 0 fully saturated rings. The molecule has 0 atom stereocenters. The third-order valence-electron chi connectivity index (χ3n) is 5.66. The van der Waals surface area contributed by atoms with E-state index in [4.69, 9.17) is 15.7 Å². The molecule has 0 aliphatic carbocycles. The number of hydrogen-bond donors (Lipinski definition) is 5. The van der Waals surface area contributed by atoms with Gasteiger partial charge in [-0.25, -0.2) is 20.6 Å². The van der Waals surface area contributed by atoms with Crippen LogP contribution >= 0.6 is 0 Å². The lowest BCUT2D eigenvalue weighted by Gasteiger charge is -2.10. The van der Waals surface area contributed by atoms with Crippen molar-refractivity contribution in [1.29, 1.82) is 0 Å². The molecule has 0 radical (unpaired) electrons. The number of nitrogen functional groups attached to an aromatic ring is 1. The standard InChI is InChI=1S/C13H17N3O2.C12H17N5O.C2H6O.H4N2.H2O/c1-15(2)7-8-16-9-14-12-10(13(17)18-3)5-4-6-11(12)16;1-16(2)6-7-17-8-14-11-9(12(18)15-13)4-3-5-10(11)17;1-2-3;1-2;/h4-6,9H,7-8H2,1-3H3;3-5,8H,6-7,13H2,1-2H3,(H,15,18);3H,2H2,1H3;1-2H2;1H2. The molecule has 0 saturated carbocycles. The highest BCUT2D eigenvalue weighted by molar-refractivity contribution is 6.04. The number of para-hydroxylation sites is 2. The molecule has 0 spiro atoms. The van der Waals surface area contributed by atoms with Gasteiger partial charge in [0.05, 0.1) is 41.9 Å². The summed E-state index contributed by atoms with van der Waals surface area (Å²) in [4.78, 5) is 36.0. The first kappa shape index (κ1) is 38.0. The summed E-state index contributed by atoms with van der Waals surface area (Å²) >= 11 is 0. The predicted molar refractivity (Wildman–Crippen MR) is 164 cm³/mol. The van der Waals surface area contributed by atoms with Crippen LogP contribution in [0.4, 0.5) is 0 Å². The molecule has 1 amide bonds. The van der Waals surface area contributed by atoms with Crippen LogP contribution < -0.4 is 23.0 Å². The van der Waals surface area contributed by atoms with Crippen LogP contribution in [-0.4, -0.2) is 106 Å². The van der Waals surface area contributed by atoms with Crippen LogP contribution in [0.3, 0.4) is 0 Å². The van der Waals surface area contributed by atoms with Crippen LogP contribution in [0.1, 0.15) is 27.6 Å². The Balaban J connectivity index is 0.000000680. The molecule has 0 aliphatic rings. The topological polar surface area (TPSA) is 227 Å². The van der Waals surface area contributed by atoms with Gasteiger partial charge < -0.3 is 34.3 Å². The van der Waals surface area contributed by atoms with Crippen LogP contribution in [0.15, 0.2) is 49.1 Å². The van der Waals surface area contributed by atoms with Gasteiger partial charge in [-0.05, 0) is 59.4 Å². The second kappa shape index (κ2) is 20.0. The number of aliphatic hydroxyl groups is 1. The smallest absolute Gasteiger partial charge is 0.340 e. The Morgan fingerprint density at radius 2 is 1.29 bits per heavy atom. The quantitative estimate of drug-likeness (QED) is 0.0766. The van der Waals surface area contributed by atoms with Crippen molar-refractivity contribution in [3.63, 3.8) is 0 Å². The van der Waals surface area contributed by atoms with E-state index in [0.29, 0.717) is 22.2 Å². The molecule has 4 rings (SSSR count). The van der Waals surface area contributed by atoms with Gasteiger partial charge in [-0.15, -0.1) is 0 Å². The lowest BCUT2D eigenvalue weighted by molar-refractivity contribution is 0.0602. The van der Waals surface area contributed by atoms with Crippen molar-refractivity contribution in [2.75, 3.05) is 55.0 Å². The monoisotopic (exact) mass is 590 g/mol. The molecular weight excluding hydrogens is 544 g/mol. The van der Waals surface area contributed by atoms with Crippen molar-refractivity contribution < 1.29 is 24.9 Å². The highest BCUT2D eigenvalue weighted by atomic mass is 16.5. The van der Waals surface area contributed by atoms with Crippen molar-refractivity contribution in [3.05, 3.63) is 60.2 Å². The van der Waals surface area contributed by atoms with Gasteiger partial charge in [0, 0.05) is 32.8 Å². The van der Waals surface area contributed by atoms with Crippen LogP contribution in [0.5, 0.6) is 0 Å². The van der Waals surface area contributed by atoms with Gasteiger partial charge in [-0.3, -0.25) is 21.9 Å². The number of methoxy groups -OCH3 is 1. The Bertz CT molecular complexity index is 1250. The number of aromatic nitrogens is 4. The molecule has 0 aliphatic heterocycles. The summed E-state index contributed by atoms with van der Waals surface area (Å²) in [6, 6.07) is 11.0. The average molecular weight is 591 g/mol. The van der Waals surface area contributed by atoms with Gasteiger partial charge in [0.15, 0.2) is 0 Å². The minimum absolute atomic E-state index is 0. The molecule has 42 heavy (non-hydrogen) atoms. The highest BCUT2D eigenvalue weighted by Gasteiger charge is 2.14. The first-order valence-corrected chi connectivity index (χ1v) is 12.9. The van der Waals surface area contributed by atoms with Gasteiger partial charge >= 0.3 is 5.97 Å². The molecule has 2 heterocycles. The van der Waals surface area contributed by atoms with Crippen LogP contribution in [-0.2, 0) is 17.8 Å². The number of amides is 1. The fourth-order valence-electron chi connectivity index (χ4n) is 3.68. The zero-order valence-electron chi connectivity index (χ0n) is 25.2. The maximum Gasteiger partial charge on any atom is 0.340 e. The summed E-state index contributed by atoms with van der Waals surface area (Å²) in [6.07, 6.45) is 3.52. The van der Waals surface area contributed by atoms with Crippen LogP contribution in [0.2, 0.25) is 0 Å². The molecule has 2 aromatic carbocycles. The number of likely N-dealkylation sites (N-methyl/N-ethyl adjacent to an activating group) is 2. The van der Waals surface area contributed by atoms with E-state index >= 15 is 0 Å². The van der Waals surface area contributed by atoms with Crippen LogP contribution in [0, 0.1) is 0 Å². The predicted octanol–water partition coefficient (Wildman–Crippen LogP) is -0.421. The number of hydrogen-bond acceptors (Lipinski definition) is 11. The molecule has 0 unspecified atom stereocenters. The maximum atomic E-state index is 11.6. The molecule has 15 nitrogen and oxygen atoms in total. The van der Waals surface area contributed by atoms with Crippen molar-refractivity contribution in [3.8, 4) is 0 Å². The Morgan fingerprint density at radius 1 is 0.881 bits per heavy atom. The number of carbonyl (C=O) groups excluding carboxylic acids is 2. The van der Waals surface area contributed by atoms with Crippen molar-refractivity contribution in [2.24, 2.45) is 17.5 Å². The minimum atomic E-state index is -0.349. The van der Waals surface area contributed by atoms with E-state index in [1.165, 1.54) is 7.11 Å². The van der Waals surface area contributed by atoms with Gasteiger partial charge in [-0.2, -0.15) is 0 Å². The number of nitrogens with one attached hydrogen (secondary N) is 1. The number of nitrogens with two attached hydrogens (primary N) is 3. The van der Waals surface area contributed by atoms with E-state index in [0.717, 1.165) is 37.2 Å². The molecule has 4 aromatic rings. The number of nitrogens with zero attached hydrogens (tertiary/aromatic N) is 6. The first-order valence-electron chi connectivity index (χ1n) is 12.9. The number of rotatable bonds is 8. The zero-order valence-corrected chi connectivity index (χ0v) is 25.2. The zero-order chi connectivity index (χ0) is 30.9. The lowest BCUT2D eigenvalue weighted by Crippen LogP contribution is -2.30. The molecular formula is C27H46N10O5. The summed E-state index contributed by atoms with van der Waals surface area (Å²) in [7, 11) is 9.47. The van der Waals surface area contributed by atoms with E-state index in [2.05, 4.69) is 36.9 Å². The Morgan fingerprint density at radius 3 is 1.67 bits per heavy atom. The first-order chi connectivity index (χ1) is 19.7. The molecule has 234 valence electrons. The number of fused-ring (bicyclic) bond motifs is 2. The van der Waals surface area contributed by atoms with Gasteiger partial charge in [0.2, 0.25) is 0 Å². The van der Waals surface area contributed by atoms with E-state index in [9.17, 15) is 9.59 Å². The van der Waals surface area contributed by atoms with Gasteiger partial charge in [0.1, 0.15) is 11.0 Å². The fourth-order valence-corrected chi connectivity index (χ4v) is 3.68. The normalized spacial score (nSPS) is 10.1. The number of imidazole rings is 2. The number of aliphatic hydroxyl groups excluding tert-OH is 1. The van der Waals surface area contributed by atoms with Gasteiger partial charge in [0.25, 0.3) is 5.91 Å². The average Bonchev–Trinajstić information content (AvgIpc) is 3.60. The van der Waals surface area contributed by atoms with Crippen LogP contribution in [0.25, 0.3) is 22.1 Å². The Hall–Kier alpha value is -3.96. The van der Waals surface area contributed by atoms with E-state index in [1.807, 2.05) is 61.6 Å². The number of benzene rings is 2. The minimum Gasteiger partial charge on any atom is -0.465 e. The number of ether oxygens (including phenoxy) is 1. The largest absolute Gasteiger partial charge is 0.465 e. The van der Waals surface area contributed by atoms with E-state index in [-0.39, 0.29) is 24.0 Å². The summed E-state index contributed by atoms with van der Waals surface area (Å²) in [5.41, 5.74) is 6.43. The molecule has 2 aromatic heterocycles. The highest BCUT2D eigenvalue weighted by Crippen LogP contribution is 2.19. The number of hydrazine groups is 2. The molecule has 0 bridgehead atoms. The third kappa shape index (κ3) is 10.8. The molecule has 0 saturated heterocycles. The van der Waals surface area contributed by atoms with E-state index < -0.39 is 0 Å².